The fraction of sp³-hybridized carbons (Fsp3) is 0. The molecule has 0 bridgehead atoms. The number of aromatic nitrogens is 3. The van der Waals surface area contributed by atoms with E-state index in [-0.39, 0.29) is 5.28 Å². The zero-order valence-corrected chi connectivity index (χ0v) is 26.1. The first-order chi connectivity index (χ1) is 22.6. The van der Waals surface area contributed by atoms with Gasteiger partial charge in [-0.15, -0.1) is 11.3 Å². The Morgan fingerprint density at radius 1 is 0.370 bits per heavy atom. The molecule has 2 heterocycles. The molecule has 0 radical (unpaired) electrons. The van der Waals surface area contributed by atoms with Crippen molar-refractivity contribution in [2.45, 2.75) is 0 Å². The summed E-state index contributed by atoms with van der Waals surface area (Å²) in [6.45, 7) is 0. The molecule has 0 aliphatic rings. The molecule has 0 fully saturated rings. The van der Waals surface area contributed by atoms with Crippen molar-refractivity contribution in [2.75, 3.05) is 0 Å². The SMILES string of the molecule is Clc1nc(-c2cccc(-c3ccc4ccc(-c5ccc6ccccc6c5)cc4c3)c2)nc(-c2ccc3c(c2)sc2ccccc23)n1. The van der Waals surface area contributed by atoms with Crippen LogP contribution in [-0.4, -0.2) is 15.0 Å². The minimum atomic E-state index is 0.175. The van der Waals surface area contributed by atoms with E-state index in [0.29, 0.717) is 11.6 Å². The van der Waals surface area contributed by atoms with Crippen LogP contribution >= 0.6 is 22.9 Å². The minimum absolute atomic E-state index is 0.175. The van der Waals surface area contributed by atoms with Crippen LogP contribution in [0.3, 0.4) is 0 Å². The van der Waals surface area contributed by atoms with Gasteiger partial charge in [-0.3, -0.25) is 0 Å². The number of rotatable bonds is 4. The third-order valence-electron chi connectivity index (χ3n) is 8.62. The van der Waals surface area contributed by atoms with E-state index in [1.165, 1.54) is 52.8 Å². The lowest BCUT2D eigenvalue weighted by molar-refractivity contribution is 1.07. The van der Waals surface area contributed by atoms with E-state index in [1.807, 2.05) is 12.1 Å². The van der Waals surface area contributed by atoms with Crippen molar-refractivity contribution < 1.29 is 0 Å². The van der Waals surface area contributed by atoms with Crippen LogP contribution in [0.15, 0.2) is 146 Å². The van der Waals surface area contributed by atoms with Crippen LogP contribution in [0.25, 0.3) is 86.7 Å². The highest BCUT2D eigenvalue weighted by Gasteiger charge is 2.13. The Balaban J connectivity index is 1.07. The summed E-state index contributed by atoms with van der Waals surface area (Å²) in [6, 6.07) is 51.6. The summed E-state index contributed by atoms with van der Waals surface area (Å²) in [5.74, 6) is 1.11. The van der Waals surface area contributed by atoms with Gasteiger partial charge in [-0.05, 0) is 91.8 Å². The zero-order chi connectivity index (χ0) is 30.6. The number of thiophene rings is 1. The monoisotopic (exact) mass is 625 g/mol. The Labute approximate surface area is 274 Å². The molecule has 7 aromatic carbocycles. The summed E-state index contributed by atoms with van der Waals surface area (Å²) in [7, 11) is 0. The van der Waals surface area contributed by atoms with E-state index in [0.717, 1.165) is 22.3 Å². The van der Waals surface area contributed by atoms with Crippen molar-refractivity contribution in [1.82, 2.24) is 15.0 Å². The average Bonchev–Trinajstić information content (AvgIpc) is 3.49. The van der Waals surface area contributed by atoms with Gasteiger partial charge in [0.05, 0.1) is 0 Å². The van der Waals surface area contributed by atoms with E-state index in [1.54, 1.807) is 11.3 Å². The van der Waals surface area contributed by atoms with E-state index in [2.05, 4.69) is 143 Å². The van der Waals surface area contributed by atoms with E-state index < -0.39 is 0 Å². The Kier molecular flexibility index (Phi) is 6.37. The Bertz CT molecular complexity index is 2620. The number of hydrogen-bond acceptors (Lipinski definition) is 4. The molecule has 0 amide bonds. The van der Waals surface area contributed by atoms with Gasteiger partial charge in [0, 0.05) is 31.3 Å². The van der Waals surface area contributed by atoms with Gasteiger partial charge in [0.15, 0.2) is 11.6 Å². The normalized spacial score (nSPS) is 11.6. The molecule has 0 unspecified atom stereocenters. The van der Waals surface area contributed by atoms with Crippen LogP contribution in [0.2, 0.25) is 5.28 Å². The van der Waals surface area contributed by atoms with E-state index in [4.69, 9.17) is 16.6 Å². The molecule has 216 valence electrons. The highest BCUT2D eigenvalue weighted by molar-refractivity contribution is 7.25. The summed E-state index contributed by atoms with van der Waals surface area (Å²) in [5, 5.41) is 7.56. The number of nitrogens with zero attached hydrogens (tertiary/aromatic N) is 3. The highest BCUT2D eigenvalue weighted by Crippen LogP contribution is 2.36. The van der Waals surface area contributed by atoms with Gasteiger partial charge in [0.25, 0.3) is 0 Å². The van der Waals surface area contributed by atoms with Gasteiger partial charge >= 0.3 is 0 Å². The van der Waals surface area contributed by atoms with Crippen molar-refractivity contribution in [3.63, 3.8) is 0 Å². The molecule has 0 saturated heterocycles. The summed E-state index contributed by atoms with van der Waals surface area (Å²) in [4.78, 5) is 13.9. The predicted octanol–water partition coefficient (Wildman–Crippen LogP) is 11.9. The third-order valence-corrected chi connectivity index (χ3v) is 9.92. The second-order valence-corrected chi connectivity index (χ2v) is 12.9. The van der Waals surface area contributed by atoms with Crippen LogP contribution in [0.1, 0.15) is 0 Å². The first-order valence-electron chi connectivity index (χ1n) is 15.1. The molecule has 46 heavy (non-hydrogen) atoms. The first-order valence-corrected chi connectivity index (χ1v) is 16.3. The highest BCUT2D eigenvalue weighted by atomic mass is 35.5. The van der Waals surface area contributed by atoms with Crippen LogP contribution in [0.4, 0.5) is 0 Å². The third kappa shape index (κ3) is 4.80. The van der Waals surface area contributed by atoms with Crippen molar-refractivity contribution in [1.29, 1.82) is 0 Å². The zero-order valence-electron chi connectivity index (χ0n) is 24.5. The average molecular weight is 626 g/mol. The molecular formula is C41H24ClN3S. The number of hydrogen-bond donors (Lipinski definition) is 0. The van der Waals surface area contributed by atoms with Crippen LogP contribution in [-0.2, 0) is 0 Å². The van der Waals surface area contributed by atoms with Crippen LogP contribution in [0, 0.1) is 0 Å². The largest absolute Gasteiger partial charge is 0.226 e. The van der Waals surface area contributed by atoms with Crippen LogP contribution in [0.5, 0.6) is 0 Å². The van der Waals surface area contributed by atoms with E-state index >= 15 is 0 Å². The molecule has 0 aliphatic carbocycles. The molecule has 0 atom stereocenters. The summed E-state index contributed by atoms with van der Waals surface area (Å²) >= 11 is 8.26. The molecule has 0 aliphatic heterocycles. The summed E-state index contributed by atoms with van der Waals surface area (Å²) < 4.78 is 2.46. The lowest BCUT2D eigenvalue weighted by atomic mass is 9.96. The molecule has 0 saturated carbocycles. The molecule has 2 aromatic heterocycles. The summed E-state index contributed by atoms with van der Waals surface area (Å²) in [6.07, 6.45) is 0. The van der Waals surface area contributed by atoms with Crippen molar-refractivity contribution in [3.8, 4) is 45.0 Å². The predicted molar refractivity (Wildman–Crippen MR) is 194 cm³/mol. The second-order valence-electron chi connectivity index (χ2n) is 11.5. The molecule has 3 nitrogen and oxygen atoms in total. The topological polar surface area (TPSA) is 38.7 Å². The molecule has 0 N–H and O–H groups in total. The maximum Gasteiger partial charge on any atom is 0.226 e. The fourth-order valence-corrected chi connectivity index (χ4v) is 7.59. The van der Waals surface area contributed by atoms with Gasteiger partial charge < -0.3 is 0 Å². The van der Waals surface area contributed by atoms with Crippen molar-refractivity contribution in [2.24, 2.45) is 0 Å². The lowest BCUT2D eigenvalue weighted by Crippen LogP contribution is -1.97. The van der Waals surface area contributed by atoms with Crippen molar-refractivity contribution >= 4 is 64.7 Å². The van der Waals surface area contributed by atoms with Gasteiger partial charge in [0.2, 0.25) is 5.28 Å². The first kappa shape index (κ1) is 26.9. The molecular weight excluding hydrogens is 602 g/mol. The van der Waals surface area contributed by atoms with Gasteiger partial charge in [0.1, 0.15) is 0 Å². The number of benzene rings is 7. The smallest absolute Gasteiger partial charge is 0.208 e. The van der Waals surface area contributed by atoms with E-state index in [9.17, 15) is 0 Å². The maximum atomic E-state index is 6.49. The Hall–Kier alpha value is -5.42. The minimum Gasteiger partial charge on any atom is -0.208 e. The fourth-order valence-electron chi connectivity index (χ4n) is 6.29. The number of fused-ring (bicyclic) bond motifs is 5. The molecule has 0 spiro atoms. The Morgan fingerprint density at radius 3 is 1.67 bits per heavy atom. The standard InChI is InChI=1S/C41H24ClN3S/c42-41-44-39(43-40(45-41)33-18-19-36-35-10-3-4-11-37(35)46-38(36)24-33)32-9-5-8-28(21-32)30-16-13-26-14-17-31(23-34(26)22-30)29-15-12-25-6-1-2-7-27(25)20-29/h1-24H. The van der Waals surface area contributed by atoms with Crippen LogP contribution < -0.4 is 0 Å². The van der Waals surface area contributed by atoms with Gasteiger partial charge in [-0.1, -0.05) is 109 Å². The quantitative estimate of drug-likeness (QED) is 0.195. The lowest BCUT2D eigenvalue weighted by Gasteiger charge is -2.10. The van der Waals surface area contributed by atoms with Crippen molar-refractivity contribution in [3.05, 3.63) is 151 Å². The molecule has 5 heteroatoms. The van der Waals surface area contributed by atoms with Gasteiger partial charge in [-0.2, -0.15) is 9.97 Å². The Morgan fingerprint density at radius 2 is 0.913 bits per heavy atom. The number of halogens is 1. The molecule has 9 rings (SSSR count). The molecule has 9 aromatic rings. The summed E-state index contributed by atoms with van der Waals surface area (Å²) in [5.41, 5.74) is 6.42. The maximum absolute atomic E-state index is 6.49. The van der Waals surface area contributed by atoms with Gasteiger partial charge in [-0.25, -0.2) is 4.98 Å². The second kappa shape index (κ2) is 10.9.